The highest BCUT2D eigenvalue weighted by atomic mass is 16.5. The molecule has 0 bridgehead atoms. The van der Waals surface area contributed by atoms with Crippen LogP contribution in [-0.2, 0) is 9.53 Å². The molecule has 3 unspecified atom stereocenters. The van der Waals surface area contributed by atoms with Gasteiger partial charge in [-0.25, -0.2) is 0 Å². The molecule has 2 rings (SSSR count). The molecule has 0 heterocycles. The topological polar surface area (TPSA) is 52.3 Å². The van der Waals surface area contributed by atoms with Crippen LogP contribution in [0.3, 0.4) is 0 Å². The lowest BCUT2D eigenvalue weighted by Crippen LogP contribution is -2.51. The van der Waals surface area contributed by atoms with Crippen LogP contribution in [0.5, 0.6) is 0 Å². The molecule has 0 aromatic rings. The molecule has 3 nitrogen and oxygen atoms in total. The van der Waals surface area contributed by atoms with Crippen molar-refractivity contribution in [3.8, 4) is 0 Å². The van der Waals surface area contributed by atoms with Crippen molar-refractivity contribution in [1.29, 1.82) is 0 Å². The predicted molar refractivity (Wildman–Crippen MR) is 49.0 cm³/mol. The third-order valence-electron chi connectivity index (χ3n) is 3.81. The van der Waals surface area contributed by atoms with Crippen molar-refractivity contribution < 1.29 is 9.53 Å². The minimum atomic E-state index is -0.657. The van der Waals surface area contributed by atoms with Gasteiger partial charge >= 0.3 is 5.97 Å². The van der Waals surface area contributed by atoms with Gasteiger partial charge in [0.15, 0.2) is 0 Å². The van der Waals surface area contributed by atoms with Gasteiger partial charge < -0.3 is 10.5 Å². The Morgan fingerprint density at radius 3 is 2.92 bits per heavy atom. The Hall–Kier alpha value is -0.570. The van der Waals surface area contributed by atoms with Crippen LogP contribution in [0.25, 0.3) is 0 Å². The van der Waals surface area contributed by atoms with Crippen LogP contribution < -0.4 is 5.73 Å². The molecule has 0 aromatic carbocycles. The molecular weight excluding hydrogens is 166 g/mol. The summed E-state index contributed by atoms with van der Waals surface area (Å²) in [6, 6.07) is 0. The first-order chi connectivity index (χ1) is 6.18. The zero-order valence-corrected chi connectivity index (χ0v) is 8.08. The summed E-state index contributed by atoms with van der Waals surface area (Å²) in [6.07, 6.45) is 5.51. The molecule has 13 heavy (non-hydrogen) atoms. The third kappa shape index (κ3) is 1.17. The molecule has 0 aromatic heterocycles. The molecular formula is C10H17NO2. The zero-order valence-electron chi connectivity index (χ0n) is 8.08. The van der Waals surface area contributed by atoms with Gasteiger partial charge in [0.2, 0.25) is 0 Å². The summed E-state index contributed by atoms with van der Waals surface area (Å²) >= 11 is 0. The summed E-state index contributed by atoms with van der Waals surface area (Å²) in [5, 5.41) is 0. The molecule has 0 radical (unpaired) electrons. The maximum atomic E-state index is 11.5. The van der Waals surface area contributed by atoms with Crippen molar-refractivity contribution in [3.63, 3.8) is 0 Å². The molecule has 0 aliphatic heterocycles. The minimum Gasteiger partial charge on any atom is -0.468 e. The van der Waals surface area contributed by atoms with Gasteiger partial charge in [-0.1, -0.05) is 12.8 Å². The summed E-state index contributed by atoms with van der Waals surface area (Å²) < 4.78 is 4.78. The fourth-order valence-corrected chi connectivity index (χ4v) is 3.11. The highest BCUT2D eigenvalue weighted by Gasteiger charge is 2.52. The van der Waals surface area contributed by atoms with E-state index in [1.165, 1.54) is 20.0 Å². The van der Waals surface area contributed by atoms with Crippen molar-refractivity contribution in [1.82, 2.24) is 0 Å². The molecule has 2 aliphatic carbocycles. The molecule has 2 N–H and O–H groups in total. The van der Waals surface area contributed by atoms with Gasteiger partial charge in [0.1, 0.15) is 5.54 Å². The number of hydrogen-bond donors (Lipinski definition) is 1. The lowest BCUT2D eigenvalue weighted by Gasteiger charge is -2.27. The summed E-state index contributed by atoms with van der Waals surface area (Å²) in [5.74, 6) is 0.867. The van der Waals surface area contributed by atoms with E-state index in [1.54, 1.807) is 0 Å². The van der Waals surface area contributed by atoms with E-state index in [-0.39, 0.29) is 5.97 Å². The Morgan fingerprint density at radius 2 is 2.23 bits per heavy atom. The van der Waals surface area contributed by atoms with Gasteiger partial charge in [-0.3, -0.25) is 4.79 Å². The van der Waals surface area contributed by atoms with E-state index in [0.717, 1.165) is 19.3 Å². The SMILES string of the molecule is COC(=O)C1(N)CCC2CCCC21. The standard InChI is InChI=1S/C10H17NO2/c1-13-9(12)10(11)6-5-7-3-2-4-8(7)10/h7-8H,2-6,11H2,1H3. The van der Waals surface area contributed by atoms with E-state index < -0.39 is 5.54 Å². The maximum absolute atomic E-state index is 11.5. The van der Waals surface area contributed by atoms with Gasteiger partial charge in [0.05, 0.1) is 7.11 Å². The molecule has 2 saturated carbocycles. The molecule has 0 amide bonds. The lowest BCUT2D eigenvalue weighted by atomic mass is 9.85. The van der Waals surface area contributed by atoms with Crippen LogP contribution >= 0.6 is 0 Å². The Morgan fingerprint density at radius 1 is 1.46 bits per heavy atom. The Balaban J connectivity index is 2.18. The molecule has 2 fully saturated rings. The number of nitrogens with two attached hydrogens (primary N) is 1. The highest BCUT2D eigenvalue weighted by molar-refractivity contribution is 5.81. The monoisotopic (exact) mass is 183 g/mol. The van der Waals surface area contributed by atoms with E-state index in [2.05, 4.69) is 0 Å². The minimum absolute atomic E-state index is 0.207. The van der Waals surface area contributed by atoms with Crippen molar-refractivity contribution in [2.24, 2.45) is 17.6 Å². The van der Waals surface area contributed by atoms with Gasteiger partial charge in [-0.15, -0.1) is 0 Å². The van der Waals surface area contributed by atoms with Crippen LogP contribution in [0.15, 0.2) is 0 Å². The molecule has 74 valence electrons. The van der Waals surface area contributed by atoms with Crippen molar-refractivity contribution in [3.05, 3.63) is 0 Å². The number of rotatable bonds is 1. The zero-order chi connectivity index (χ0) is 9.47. The van der Waals surface area contributed by atoms with Crippen LogP contribution in [0.2, 0.25) is 0 Å². The molecule has 3 heteroatoms. The normalized spacial score (nSPS) is 43.2. The fraction of sp³-hybridized carbons (Fsp3) is 0.900. The largest absolute Gasteiger partial charge is 0.468 e. The van der Waals surface area contributed by atoms with Crippen LogP contribution in [0.4, 0.5) is 0 Å². The van der Waals surface area contributed by atoms with Crippen molar-refractivity contribution in [2.75, 3.05) is 7.11 Å². The van der Waals surface area contributed by atoms with Gasteiger partial charge in [-0.05, 0) is 31.1 Å². The van der Waals surface area contributed by atoms with Crippen LogP contribution in [0, 0.1) is 11.8 Å². The average Bonchev–Trinajstić information content (AvgIpc) is 2.69. The number of carbonyl (C=O) groups excluding carboxylic acids is 1. The number of hydrogen-bond acceptors (Lipinski definition) is 3. The average molecular weight is 183 g/mol. The Kier molecular flexibility index (Phi) is 2.06. The van der Waals surface area contributed by atoms with Crippen LogP contribution in [-0.4, -0.2) is 18.6 Å². The fourth-order valence-electron chi connectivity index (χ4n) is 3.11. The lowest BCUT2D eigenvalue weighted by molar-refractivity contribution is -0.148. The number of carbonyl (C=O) groups is 1. The molecule has 0 saturated heterocycles. The number of ether oxygens (including phenoxy) is 1. The van der Waals surface area contributed by atoms with E-state index in [4.69, 9.17) is 10.5 Å². The van der Waals surface area contributed by atoms with Crippen molar-refractivity contribution >= 4 is 5.97 Å². The summed E-state index contributed by atoms with van der Waals surface area (Å²) in [7, 11) is 1.43. The van der Waals surface area contributed by atoms with Crippen LogP contribution in [0.1, 0.15) is 32.1 Å². The van der Waals surface area contributed by atoms with Gasteiger partial charge in [0, 0.05) is 0 Å². The molecule has 2 aliphatic rings. The number of esters is 1. The third-order valence-corrected chi connectivity index (χ3v) is 3.81. The summed E-state index contributed by atoms with van der Waals surface area (Å²) in [4.78, 5) is 11.5. The summed E-state index contributed by atoms with van der Waals surface area (Å²) in [5.41, 5.74) is 5.47. The quantitative estimate of drug-likeness (QED) is 0.618. The smallest absolute Gasteiger partial charge is 0.326 e. The second-order valence-electron chi connectivity index (χ2n) is 4.37. The second kappa shape index (κ2) is 2.98. The number of methoxy groups -OCH3 is 1. The predicted octanol–water partition coefficient (Wildman–Crippen LogP) is 1.07. The van der Waals surface area contributed by atoms with E-state index in [1.807, 2.05) is 0 Å². The summed E-state index contributed by atoms with van der Waals surface area (Å²) in [6.45, 7) is 0. The van der Waals surface area contributed by atoms with Crippen molar-refractivity contribution in [2.45, 2.75) is 37.6 Å². The first-order valence-corrected chi connectivity index (χ1v) is 5.06. The Bertz CT molecular complexity index is 229. The second-order valence-corrected chi connectivity index (χ2v) is 4.37. The maximum Gasteiger partial charge on any atom is 0.326 e. The highest BCUT2D eigenvalue weighted by Crippen LogP contribution is 2.48. The molecule has 0 spiro atoms. The van der Waals surface area contributed by atoms with Gasteiger partial charge in [0.25, 0.3) is 0 Å². The van der Waals surface area contributed by atoms with Gasteiger partial charge in [-0.2, -0.15) is 0 Å². The van der Waals surface area contributed by atoms with E-state index in [0.29, 0.717) is 11.8 Å². The van der Waals surface area contributed by atoms with E-state index in [9.17, 15) is 4.79 Å². The Labute approximate surface area is 78.6 Å². The number of fused-ring (bicyclic) bond motifs is 1. The van der Waals surface area contributed by atoms with E-state index >= 15 is 0 Å². The first kappa shape index (κ1) is 9.00. The first-order valence-electron chi connectivity index (χ1n) is 5.06. The molecule has 3 atom stereocenters.